The Morgan fingerprint density at radius 2 is 2.04 bits per heavy atom. The standard InChI is InChI=1S/C20H22FN3O3/c1-3-4-12-24-17-16(6-5-11-22-17)27-20(2,19(24)26)18(25)23-13-14-7-9-15(21)10-8-14/h5-11H,3-4,12-13H2,1-2H3,(H,23,25)/t20-/m0/s1. The van der Waals surface area contributed by atoms with Gasteiger partial charge in [-0.05, 0) is 43.2 Å². The zero-order chi connectivity index (χ0) is 19.4. The summed E-state index contributed by atoms with van der Waals surface area (Å²) in [5.41, 5.74) is -0.967. The van der Waals surface area contributed by atoms with Gasteiger partial charge in [-0.3, -0.25) is 14.5 Å². The largest absolute Gasteiger partial charge is 0.464 e. The van der Waals surface area contributed by atoms with Crippen LogP contribution in [0.2, 0.25) is 0 Å². The van der Waals surface area contributed by atoms with Crippen molar-refractivity contribution in [3.63, 3.8) is 0 Å². The van der Waals surface area contributed by atoms with Gasteiger partial charge < -0.3 is 10.1 Å². The fourth-order valence-corrected chi connectivity index (χ4v) is 2.90. The van der Waals surface area contributed by atoms with Gasteiger partial charge in [-0.25, -0.2) is 9.37 Å². The molecule has 7 heteroatoms. The molecule has 1 N–H and O–H groups in total. The molecule has 0 aliphatic carbocycles. The number of ether oxygens (including phenoxy) is 1. The maximum absolute atomic E-state index is 13.1. The van der Waals surface area contributed by atoms with Crippen molar-refractivity contribution in [1.82, 2.24) is 10.3 Å². The number of benzene rings is 1. The summed E-state index contributed by atoms with van der Waals surface area (Å²) in [7, 11) is 0. The predicted molar refractivity (Wildman–Crippen MR) is 98.8 cm³/mol. The number of pyridine rings is 1. The van der Waals surface area contributed by atoms with Crippen LogP contribution in [0.1, 0.15) is 32.3 Å². The SMILES string of the molecule is CCCCN1C(=O)[C@](C)(C(=O)NCc2ccc(F)cc2)Oc2cccnc21. The topological polar surface area (TPSA) is 71.5 Å². The minimum Gasteiger partial charge on any atom is -0.464 e. The molecule has 142 valence electrons. The average molecular weight is 371 g/mol. The third kappa shape index (κ3) is 3.77. The molecule has 0 bridgehead atoms. The van der Waals surface area contributed by atoms with Crippen molar-refractivity contribution in [2.45, 2.75) is 38.8 Å². The summed E-state index contributed by atoms with van der Waals surface area (Å²) in [5.74, 6) is -0.516. The lowest BCUT2D eigenvalue weighted by molar-refractivity contribution is -0.148. The fraction of sp³-hybridized carbons (Fsp3) is 0.350. The van der Waals surface area contributed by atoms with Gasteiger partial charge in [0.15, 0.2) is 11.6 Å². The quantitative estimate of drug-likeness (QED) is 0.793. The zero-order valence-corrected chi connectivity index (χ0v) is 15.4. The van der Waals surface area contributed by atoms with Gasteiger partial charge in [-0.2, -0.15) is 0 Å². The summed E-state index contributed by atoms with van der Waals surface area (Å²) in [6.45, 7) is 4.12. The Bertz CT molecular complexity index is 841. The van der Waals surface area contributed by atoms with Gasteiger partial charge in [0, 0.05) is 19.3 Å². The first-order valence-corrected chi connectivity index (χ1v) is 8.94. The van der Waals surface area contributed by atoms with Crippen LogP contribution in [0, 0.1) is 5.82 Å². The molecule has 6 nitrogen and oxygen atoms in total. The smallest absolute Gasteiger partial charge is 0.282 e. The number of halogens is 1. The summed E-state index contributed by atoms with van der Waals surface area (Å²) in [6.07, 6.45) is 3.28. The molecule has 0 unspecified atom stereocenters. The molecule has 3 rings (SSSR count). The molecule has 2 aromatic rings. The number of hydrogen-bond donors (Lipinski definition) is 1. The van der Waals surface area contributed by atoms with Crippen molar-refractivity contribution >= 4 is 17.6 Å². The Morgan fingerprint density at radius 1 is 1.30 bits per heavy atom. The van der Waals surface area contributed by atoms with Crippen LogP contribution in [0.4, 0.5) is 10.2 Å². The number of rotatable bonds is 6. The maximum Gasteiger partial charge on any atom is 0.282 e. The van der Waals surface area contributed by atoms with Gasteiger partial charge in [0.1, 0.15) is 5.82 Å². The van der Waals surface area contributed by atoms with E-state index in [1.807, 2.05) is 6.92 Å². The first-order valence-electron chi connectivity index (χ1n) is 8.94. The second-order valence-corrected chi connectivity index (χ2v) is 6.58. The molecule has 1 aromatic carbocycles. The summed E-state index contributed by atoms with van der Waals surface area (Å²) >= 11 is 0. The summed E-state index contributed by atoms with van der Waals surface area (Å²) in [6, 6.07) is 9.19. The number of carbonyl (C=O) groups is 2. The molecule has 0 radical (unpaired) electrons. The molecule has 1 aliphatic rings. The van der Waals surface area contributed by atoms with Gasteiger partial charge >= 0.3 is 0 Å². The Kier molecular flexibility index (Phi) is 5.39. The van der Waals surface area contributed by atoms with Gasteiger partial charge in [0.2, 0.25) is 0 Å². The molecule has 2 amide bonds. The molecule has 2 heterocycles. The zero-order valence-electron chi connectivity index (χ0n) is 15.4. The minimum atomic E-state index is -1.69. The van der Waals surface area contributed by atoms with E-state index in [-0.39, 0.29) is 12.4 Å². The number of nitrogens with zero attached hydrogens (tertiary/aromatic N) is 2. The lowest BCUT2D eigenvalue weighted by atomic mass is 10.0. The van der Waals surface area contributed by atoms with Crippen LogP contribution in [-0.4, -0.2) is 28.9 Å². The Morgan fingerprint density at radius 3 is 2.74 bits per heavy atom. The lowest BCUT2D eigenvalue weighted by Gasteiger charge is -2.38. The van der Waals surface area contributed by atoms with Crippen LogP contribution >= 0.6 is 0 Å². The minimum absolute atomic E-state index is 0.167. The number of anilines is 1. The number of hydrogen-bond acceptors (Lipinski definition) is 4. The molecule has 0 saturated heterocycles. The maximum atomic E-state index is 13.1. The number of amides is 2. The Hall–Kier alpha value is -2.96. The second-order valence-electron chi connectivity index (χ2n) is 6.58. The van der Waals surface area contributed by atoms with Gasteiger partial charge in [-0.1, -0.05) is 25.5 Å². The van der Waals surface area contributed by atoms with Crippen LogP contribution in [0.5, 0.6) is 5.75 Å². The van der Waals surface area contributed by atoms with Crippen LogP contribution in [0.25, 0.3) is 0 Å². The molecule has 1 aromatic heterocycles. The average Bonchev–Trinajstić information content (AvgIpc) is 2.67. The highest BCUT2D eigenvalue weighted by molar-refractivity contribution is 6.16. The third-order valence-corrected chi connectivity index (χ3v) is 4.51. The second kappa shape index (κ2) is 7.73. The number of fused-ring (bicyclic) bond motifs is 1. The van der Waals surface area contributed by atoms with E-state index in [1.54, 1.807) is 30.5 Å². The lowest BCUT2D eigenvalue weighted by Crippen LogP contribution is -2.62. The number of carbonyl (C=O) groups excluding carboxylic acids is 2. The summed E-state index contributed by atoms with van der Waals surface area (Å²) in [4.78, 5) is 31.6. The monoisotopic (exact) mass is 371 g/mol. The van der Waals surface area contributed by atoms with Crippen molar-refractivity contribution in [3.8, 4) is 5.75 Å². The van der Waals surface area contributed by atoms with Crippen LogP contribution in [-0.2, 0) is 16.1 Å². The van der Waals surface area contributed by atoms with Crippen molar-refractivity contribution in [3.05, 3.63) is 54.0 Å². The highest BCUT2D eigenvalue weighted by atomic mass is 19.1. The van der Waals surface area contributed by atoms with E-state index < -0.39 is 17.4 Å². The molecule has 0 spiro atoms. The van der Waals surface area contributed by atoms with Crippen LogP contribution in [0.3, 0.4) is 0 Å². The molecule has 0 fully saturated rings. The van der Waals surface area contributed by atoms with Crippen molar-refractivity contribution < 1.29 is 18.7 Å². The van der Waals surface area contributed by atoms with E-state index in [0.29, 0.717) is 18.1 Å². The molecule has 1 aliphatic heterocycles. The van der Waals surface area contributed by atoms with Crippen LogP contribution in [0.15, 0.2) is 42.6 Å². The van der Waals surface area contributed by atoms with E-state index in [4.69, 9.17) is 4.74 Å². The van der Waals surface area contributed by atoms with E-state index >= 15 is 0 Å². The van der Waals surface area contributed by atoms with Gasteiger partial charge in [0.25, 0.3) is 17.4 Å². The predicted octanol–water partition coefficient (Wildman–Crippen LogP) is 2.82. The molecular formula is C20H22FN3O3. The van der Waals surface area contributed by atoms with Gasteiger partial charge in [-0.15, -0.1) is 0 Å². The van der Waals surface area contributed by atoms with Crippen LogP contribution < -0.4 is 15.0 Å². The van der Waals surface area contributed by atoms with Crippen molar-refractivity contribution in [1.29, 1.82) is 0 Å². The summed E-state index contributed by atoms with van der Waals surface area (Å²) in [5, 5.41) is 2.71. The number of unbranched alkanes of at least 4 members (excludes halogenated alkanes) is 1. The van der Waals surface area contributed by atoms with Crippen molar-refractivity contribution in [2.75, 3.05) is 11.4 Å². The van der Waals surface area contributed by atoms with Gasteiger partial charge in [0.05, 0.1) is 0 Å². The third-order valence-electron chi connectivity index (χ3n) is 4.51. The van der Waals surface area contributed by atoms with E-state index in [9.17, 15) is 14.0 Å². The van der Waals surface area contributed by atoms with E-state index in [0.717, 1.165) is 18.4 Å². The first-order chi connectivity index (χ1) is 13.0. The molecule has 27 heavy (non-hydrogen) atoms. The van der Waals surface area contributed by atoms with Crippen molar-refractivity contribution in [2.24, 2.45) is 0 Å². The van der Waals surface area contributed by atoms with E-state index in [2.05, 4.69) is 10.3 Å². The number of nitrogens with one attached hydrogen (secondary N) is 1. The molecular weight excluding hydrogens is 349 g/mol. The fourth-order valence-electron chi connectivity index (χ4n) is 2.90. The molecule has 0 saturated carbocycles. The summed E-state index contributed by atoms with van der Waals surface area (Å²) < 4.78 is 18.8. The highest BCUT2D eigenvalue weighted by Crippen LogP contribution is 2.36. The molecule has 1 atom stereocenters. The van der Waals surface area contributed by atoms with E-state index in [1.165, 1.54) is 24.0 Å². The first kappa shape index (κ1) is 18.8. The normalized spacial score (nSPS) is 18.6. The highest BCUT2D eigenvalue weighted by Gasteiger charge is 2.50. The Balaban J connectivity index is 1.81. The Labute approximate surface area is 157 Å². The number of aromatic nitrogens is 1.